The van der Waals surface area contributed by atoms with Crippen LogP contribution < -0.4 is 5.32 Å². The molecule has 7 nitrogen and oxygen atoms in total. The molecule has 2 heterocycles. The Morgan fingerprint density at radius 3 is 2.80 bits per heavy atom. The molecule has 1 amide bonds. The number of carbonyl (C=O) groups excluding carboxylic acids is 1. The first-order chi connectivity index (χ1) is 7.15. The van der Waals surface area contributed by atoms with Crippen molar-refractivity contribution in [2.75, 3.05) is 5.32 Å². The first-order valence-electron chi connectivity index (χ1n) is 4.27. The molecule has 0 aromatic carbocycles. The summed E-state index contributed by atoms with van der Waals surface area (Å²) in [6.45, 7) is 3.47. The molecular weight excluding hydrogens is 198 g/mol. The highest BCUT2D eigenvalue weighted by atomic mass is 16.4. The van der Waals surface area contributed by atoms with Gasteiger partial charge in [-0.3, -0.25) is 15.2 Å². The molecule has 0 bridgehead atoms. The van der Waals surface area contributed by atoms with E-state index in [9.17, 15) is 4.79 Å². The summed E-state index contributed by atoms with van der Waals surface area (Å²) in [6.07, 6.45) is 1.44. The minimum absolute atomic E-state index is 0.0587. The fraction of sp³-hybridized carbons (Fsp3) is 0.250. The predicted molar refractivity (Wildman–Crippen MR) is 50.3 cm³/mol. The molecular formula is C8H9N5O2. The normalized spacial score (nSPS) is 10.3. The van der Waals surface area contributed by atoms with Gasteiger partial charge in [0.1, 0.15) is 12.1 Å². The van der Waals surface area contributed by atoms with Gasteiger partial charge >= 0.3 is 6.01 Å². The van der Waals surface area contributed by atoms with Gasteiger partial charge in [0.25, 0.3) is 5.91 Å². The van der Waals surface area contributed by atoms with Crippen molar-refractivity contribution in [2.45, 2.75) is 13.8 Å². The number of hydrogen-bond acceptors (Lipinski definition) is 5. The predicted octanol–water partition coefficient (Wildman–Crippen LogP) is 0.662. The van der Waals surface area contributed by atoms with Crippen LogP contribution in [0.2, 0.25) is 0 Å². The Bertz CT molecular complexity index is 487. The Morgan fingerprint density at radius 2 is 2.27 bits per heavy atom. The van der Waals surface area contributed by atoms with E-state index in [1.165, 1.54) is 6.26 Å². The van der Waals surface area contributed by atoms with Crippen molar-refractivity contribution in [3.63, 3.8) is 0 Å². The topological polar surface area (TPSA) is 96.7 Å². The number of carbonyl (C=O) groups is 1. The molecule has 7 heteroatoms. The van der Waals surface area contributed by atoms with Gasteiger partial charge in [-0.2, -0.15) is 4.98 Å². The van der Waals surface area contributed by atoms with Crippen molar-refractivity contribution < 1.29 is 9.21 Å². The molecule has 0 radical (unpaired) electrons. The highest BCUT2D eigenvalue weighted by Crippen LogP contribution is 2.06. The van der Waals surface area contributed by atoms with E-state index in [1.807, 2.05) is 0 Å². The number of aryl methyl sites for hydroxylation is 2. The maximum Gasteiger partial charge on any atom is 0.301 e. The molecule has 0 aliphatic heterocycles. The van der Waals surface area contributed by atoms with Crippen LogP contribution in [0.4, 0.5) is 6.01 Å². The summed E-state index contributed by atoms with van der Waals surface area (Å²) in [4.78, 5) is 19.3. The molecule has 0 fully saturated rings. The molecule has 0 aliphatic carbocycles. The number of oxazole rings is 1. The van der Waals surface area contributed by atoms with Crippen LogP contribution in [-0.4, -0.2) is 26.1 Å². The average Bonchev–Trinajstić information content (AvgIpc) is 2.75. The van der Waals surface area contributed by atoms with Gasteiger partial charge in [-0.15, -0.1) is 5.10 Å². The Morgan fingerprint density at radius 1 is 1.47 bits per heavy atom. The van der Waals surface area contributed by atoms with E-state index in [4.69, 9.17) is 4.42 Å². The molecule has 2 N–H and O–H groups in total. The second kappa shape index (κ2) is 3.52. The zero-order valence-electron chi connectivity index (χ0n) is 8.24. The van der Waals surface area contributed by atoms with Crippen LogP contribution in [-0.2, 0) is 0 Å². The number of hydrogen-bond donors (Lipinski definition) is 2. The minimum atomic E-state index is -0.457. The van der Waals surface area contributed by atoms with Crippen LogP contribution in [0.15, 0.2) is 10.7 Å². The number of amides is 1. The van der Waals surface area contributed by atoms with E-state index in [0.29, 0.717) is 11.5 Å². The third-order valence-corrected chi connectivity index (χ3v) is 1.64. The summed E-state index contributed by atoms with van der Waals surface area (Å²) in [5.41, 5.74) is 0.691. The fourth-order valence-corrected chi connectivity index (χ4v) is 1.01. The van der Waals surface area contributed by atoms with Crippen LogP contribution in [0, 0.1) is 13.8 Å². The second-order valence-corrected chi connectivity index (χ2v) is 2.99. The molecule has 2 aromatic heterocycles. The lowest BCUT2D eigenvalue weighted by molar-refractivity contribution is 0.101. The van der Waals surface area contributed by atoms with Gasteiger partial charge in [-0.05, 0) is 13.8 Å². The van der Waals surface area contributed by atoms with Crippen molar-refractivity contribution >= 4 is 11.9 Å². The fourth-order valence-electron chi connectivity index (χ4n) is 1.01. The number of nitrogens with one attached hydrogen (secondary N) is 2. The largest absolute Gasteiger partial charge is 0.432 e. The SMILES string of the molecule is Cc1coc(NC(=O)c2n[nH]c(C)n2)n1. The van der Waals surface area contributed by atoms with Crippen LogP contribution in [0.1, 0.15) is 22.1 Å². The third-order valence-electron chi connectivity index (χ3n) is 1.64. The van der Waals surface area contributed by atoms with E-state index >= 15 is 0 Å². The first kappa shape index (κ1) is 9.38. The van der Waals surface area contributed by atoms with Crippen molar-refractivity contribution in [3.05, 3.63) is 23.6 Å². The molecule has 0 spiro atoms. The van der Waals surface area contributed by atoms with Gasteiger partial charge in [0, 0.05) is 0 Å². The summed E-state index contributed by atoms with van der Waals surface area (Å²) in [5, 5.41) is 8.70. The Labute approximate surface area is 84.9 Å². The lowest BCUT2D eigenvalue weighted by atomic mass is 10.5. The molecule has 0 saturated carbocycles. The molecule has 0 unspecified atom stereocenters. The maximum atomic E-state index is 11.5. The molecule has 0 atom stereocenters. The monoisotopic (exact) mass is 207 g/mol. The van der Waals surface area contributed by atoms with Crippen molar-refractivity contribution in [3.8, 4) is 0 Å². The van der Waals surface area contributed by atoms with Crippen LogP contribution in [0.3, 0.4) is 0 Å². The van der Waals surface area contributed by atoms with Crippen molar-refractivity contribution in [2.24, 2.45) is 0 Å². The molecule has 2 aromatic rings. The van der Waals surface area contributed by atoms with E-state index < -0.39 is 5.91 Å². The smallest absolute Gasteiger partial charge is 0.301 e. The maximum absolute atomic E-state index is 11.5. The van der Waals surface area contributed by atoms with Gasteiger partial charge in [0.2, 0.25) is 5.82 Å². The standard InChI is InChI=1S/C8H9N5O2/c1-4-3-15-8(9-4)11-7(14)6-10-5(2)12-13-6/h3H,1-2H3,(H,9,11,14)(H,10,12,13). The number of rotatable bonds is 2. The van der Waals surface area contributed by atoms with Gasteiger partial charge in [-0.25, -0.2) is 4.98 Å². The minimum Gasteiger partial charge on any atom is -0.432 e. The van der Waals surface area contributed by atoms with E-state index in [0.717, 1.165) is 0 Å². The Balaban J connectivity index is 2.10. The van der Waals surface area contributed by atoms with Gasteiger partial charge in [0.15, 0.2) is 0 Å². The summed E-state index contributed by atoms with van der Waals surface area (Å²) in [6, 6.07) is 0.139. The van der Waals surface area contributed by atoms with Crippen LogP contribution >= 0.6 is 0 Å². The number of nitrogens with zero attached hydrogens (tertiary/aromatic N) is 3. The lowest BCUT2D eigenvalue weighted by Crippen LogP contribution is -2.14. The summed E-state index contributed by atoms with van der Waals surface area (Å²) in [7, 11) is 0. The highest BCUT2D eigenvalue weighted by Gasteiger charge is 2.13. The van der Waals surface area contributed by atoms with Gasteiger partial charge < -0.3 is 4.42 Å². The zero-order chi connectivity index (χ0) is 10.8. The highest BCUT2D eigenvalue weighted by molar-refractivity contribution is 6.00. The summed E-state index contributed by atoms with van der Waals surface area (Å²) in [5.74, 6) is 0.174. The van der Waals surface area contributed by atoms with E-state index in [1.54, 1.807) is 13.8 Å². The molecule has 0 aliphatic rings. The molecule has 2 rings (SSSR count). The van der Waals surface area contributed by atoms with Gasteiger partial charge in [0.05, 0.1) is 5.69 Å². The first-order valence-corrected chi connectivity index (χ1v) is 4.27. The average molecular weight is 207 g/mol. The lowest BCUT2D eigenvalue weighted by Gasteiger charge is -1.94. The third kappa shape index (κ3) is 2.01. The summed E-state index contributed by atoms with van der Waals surface area (Å²) >= 11 is 0. The van der Waals surface area contributed by atoms with Gasteiger partial charge in [-0.1, -0.05) is 0 Å². The molecule has 15 heavy (non-hydrogen) atoms. The Kier molecular flexibility index (Phi) is 2.20. The molecule has 78 valence electrons. The van der Waals surface area contributed by atoms with Crippen LogP contribution in [0.25, 0.3) is 0 Å². The number of aromatic amines is 1. The second-order valence-electron chi connectivity index (χ2n) is 2.99. The van der Waals surface area contributed by atoms with E-state index in [-0.39, 0.29) is 11.8 Å². The van der Waals surface area contributed by atoms with Crippen LogP contribution in [0.5, 0.6) is 0 Å². The number of aromatic nitrogens is 4. The zero-order valence-corrected chi connectivity index (χ0v) is 8.24. The number of anilines is 1. The number of H-pyrrole nitrogens is 1. The van der Waals surface area contributed by atoms with E-state index in [2.05, 4.69) is 25.5 Å². The molecule has 0 saturated heterocycles. The quantitative estimate of drug-likeness (QED) is 0.754. The van der Waals surface area contributed by atoms with Crippen molar-refractivity contribution in [1.82, 2.24) is 20.2 Å². The Hall–Kier alpha value is -2.18. The summed E-state index contributed by atoms with van der Waals surface area (Å²) < 4.78 is 4.95. The van der Waals surface area contributed by atoms with Crippen molar-refractivity contribution in [1.29, 1.82) is 0 Å².